The standard InChI is InChI=1S/C18H22N2O/c1-4-14-5-7-15(8-6-14)12-20(3)16-9-10-17(13(2)21)18(19)11-16/h5-11H,4,12,19H2,1-3H3. The zero-order valence-corrected chi connectivity index (χ0v) is 12.9. The molecule has 0 fully saturated rings. The number of aryl methyl sites for hydroxylation is 1. The van der Waals surface area contributed by atoms with E-state index in [1.807, 2.05) is 19.2 Å². The monoisotopic (exact) mass is 282 g/mol. The average molecular weight is 282 g/mol. The number of ketones is 1. The van der Waals surface area contributed by atoms with Crippen LogP contribution in [0.3, 0.4) is 0 Å². The molecule has 0 bridgehead atoms. The van der Waals surface area contributed by atoms with Gasteiger partial charge in [0.05, 0.1) is 0 Å². The van der Waals surface area contributed by atoms with Gasteiger partial charge in [0.15, 0.2) is 5.78 Å². The van der Waals surface area contributed by atoms with Crippen molar-refractivity contribution in [3.8, 4) is 0 Å². The van der Waals surface area contributed by atoms with E-state index in [-0.39, 0.29) is 5.78 Å². The normalized spacial score (nSPS) is 10.4. The molecule has 0 spiro atoms. The molecule has 0 heterocycles. The smallest absolute Gasteiger partial charge is 0.161 e. The molecule has 0 saturated carbocycles. The molecule has 110 valence electrons. The predicted molar refractivity (Wildman–Crippen MR) is 88.8 cm³/mol. The summed E-state index contributed by atoms with van der Waals surface area (Å²) in [5.74, 6) is -0.00291. The summed E-state index contributed by atoms with van der Waals surface area (Å²) < 4.78 is 0. The van der Waals surface area contributed by atoms with Crippen LogP contribution in [0.5, 0.6) is 0 Å². The molecule has 0 atom stereocenters. The third kappa shape index (κ3) is 3.63. The average Bonchev–Trinajstić information content (AvgIpc) is 2.47. The van der Waals surface area contributed by atoms with Crippen LogP contribution < -0.4 is 10.6 Å². The SMILES string of the molecule is CCc1ccc(CN(C)c2ccc(C(C)=O)c(N)c2)cc1. The number of Topliss-reactive ketones (excluding diaryl/α,β-unsaturated/α-hetero) is 1. The van der Waals surface area contributed by atoms with E-state index >= 15 is 0 Å². The summed E-state index contributed by atoms with van der Waals surface area (Å²) in [5, 5.41) is 0. The van der Waals surface area contributed by atoms with Gasteiger partial charge in [-0.15, -0.1) is 0 Å². The molecule has 0 aliphatic rings. The lowest BCUT2D eigenvalue weighted by atomic mass is 10.1. The Kier molecular flexibility index (Phi) is 4.63. The fourth-order valence-corrected chi connectivity index (χ4v) is 2.35. The highest BCUT2D eigenvalue weighted by Gasteiger charge is 2.08. The highest BCUT2D eigenvalue weighted by atomic mass is 16.1. The van der Waals surface area contributed by atoms with Crippen molar-refractivity contribution in [1.82, 2.24) is 0 Å². The number of carbonyl (C=O) groups excluding carboxylic acids is 1. The number of nitrogens with two attached hydrogens (primary N) is 1. The number of nitrogen functional groups attached to an aromatic ring is 1. The molecule has 2 N–H and O–H groups in total. The van der Waals surface area contributed by atoms with Gasteiger partial charge in [-0.3, -0.25) is 4.79 Å². The van der Waals surface area contributed by atoms with E-state index < -0.39 is 0 Å². The Bertz CT molecular complexity index is 632. The van der Waals surface area contributed by atoms with Crippen LogP contribution in [0.25, 0.3) is 0 Å². The van der Waals surface area contributed by atoms with Crippen molar-refractivity contribution in [1.29, 1.82) is 0 Å². The molecule has 21 heavy (non-hydrogen) atoms. The molecule has 0 saturated heterocycles. The van der Waals surface area contributed by atoms with Crippen molar-refractivity contribution < 1.29 is 4.79 Å². The molecule has 2 aromatic rings. The molecule has 0 aliphatic heterocycles. The second kappa shape index (κ2) is 6.44. The van der Waals surface area contributed by atoms with Crippen LogP contribution in [-0.4, -0.2) is 12.8 Å². The van der Waals surface area contributed by atoms with Gasteiger partial charge < -0.3 is 10.6 Å². The summed E-state index contributed by atoms with van der Waals surface area (Å²) >= 11 is 0. The first-order valence-electron chi connectivity index (χ1n) is 7.20. The maximum absolute atomic E-state index is 11.4. The Morgan fingerprint density at radius 2 is 1.71 bits per heavy atom. The van der Waals surface area contributed by atoms with Gasteiger partial charge in [0.25, 0.3) is 0 Å². The lowest BCUT2D eigenvalue weighted by molar-refractivity contribution is 0.101. The van der Waals surface area contributed by atoms with Crippen molar-refractivity contribution in [3.63, 3.8) is 0 Å². The summed E-state index contributed by atoms with van der Waals surface area (Å²) in [5.41, 5.74) is 10.7. The predicted octanol–water partition coefficient (Wildman–Crippen LogP) is 3.67. The number of nitrogens with zero attached hydrogens (tertiary/aromatic N) is 1. The topological polar surface area (TPSA) is 46.3 Å². The van der Waals surface area contributed by atoms with Crippen LogP contribution in [0.4, 0.5) is 11.4 Å². The first-order chi connectivity index (χ1) is 10.0. The molecule has 0 radical (unpaired) electrons. The molecule has 0 aromatic heterocycles. The summed E-state index contributed by atoms with van der Waals surface area (Å²) in [7, 11) is 2.02. The molecule has 2 rings (SSSR count). The number of hydrogen-bond donors (Lipinski definition) is 1. The van der Waals surface area contributed by atoms with Crippen molar-refractivity contribution in [2.45, 2.75) is 26.8 Å². The van der Waals surface area contributed by atoms with Gasteiger partial charge >= 0.3 is 0 Å². The van der Waals surface area contributed by atoms with Gasteiger partial charge in [0, 0.05) is 30.5 Å². The van der Waals surface area contributed by atoms with Crippen LogP contribution in [0.1, 0.15) is 35.3 Å². The van der Waals surface area contributed by atoms with Gasteiger partial charge in [-0.05, 0) is 42.7 Å². The van der Waals surface area contributed by atoms with Crippen LogP contribution in [0.2, 0.25) is 0 Å². The van der Waals surface area contributed by atoms with Crippen LogP contribution in [0, 0.1) is 0 Å². The van der Waals surface area contributed by atoms with E-state index in [0.29, 0.717) is 11.3 Å². The number of carbonyl (C=O) groups is 1. The van der Waals surface area contributed by atoms with E-state index in [9.17, 15) is 4.79 Å². The van der Waals surface area contributed by atoms with Crippen molar-refractivity contribution in [3.05, 3.63) is 59.2 Å². The Morgan fingerprint density at radius 3 is 2.24 bits per heavy atom. The highest BCUT2D eigenvalue weighted by molar-refractivity contribution is 5.99. The van der Waals surface area contributed by atoms with Gasteiger partial charge in [-0.25, -0.2) is 0 Å². The molecule has 2 aromatic carbocycles. The number of rotatable bonds is 5. The van der Waals surface area contributed by atoms with Gasteiger partial charge in [0.1, 0.15) is 0 Å². The molecule has 0 unspecified atom stereocenters. The maximum atomic E-state index is 11.4. The van der Waals surface area contributed by atoms with E-state index in [1.165, 1.54) is 18.1 Å². The first-order valence-corrected chi connectivity index (χ1v) is 7.20. The minimum absolute atomic E-state index is 0.00291. The summed E-state index contributed by atoms with van der Waals surface area (Å²) in [6.07, 6.45) is 1.05. The number of anilines is 2. The largest absolute Gasteiger partial charge is 0.398 e. The molecule has 3 heteroatoms. The third-order valence-corrected chi connectivity index (χ3v) is 3.71. The van der Waals surface area contributed by atoms with E-state index in [1.54, 1.807) is 6.07 Å². The fraction of sp³-hybridized carbons (Fsp3) is 0.278. The highest BCUT2D eigenvalue weighted by Crippen LogP contribution is 2.22. The van der Waals surface area contributed by atoms with E-state index in [0.717, 1.165) is 18.7 Å². The first kappa shape index (κ1) is 15.1. The van der Waals surface area contributed by atoms with Crippen LogP contribution in [-0.2, 0) is 13.0 Å². The summed E-state index contributed by atoms with van der Waals surface area (Å²) in [6, 6.07) is 14.2. The summed E-state index contributed by atoms with van der Waals surface area (Å²) in [6.45, 7) is 4.49. The maximum Gasteiger partial charge on any atom is 0.161 e. The summed E-state index contributed by atoms with van der Waals surface area (Å²) in [4.78, 5) is 13.5. The van der Waals surface area contributed by atoms with Crippen molar-refractivity contribution >= 4 is 17.2 Å². The zero-order valence-electron chi connectivity index (χ0n) is 12.9. The van der Waals surface area contributed by atoms with E-state index in [4.69, 9.17) is 5.73 Å². The van der Waals surface area contributed by atoms with Crippen LogP contribution >= 0.6 is 0 Å². The molecule has 0 aliphatic carbocycles. The van der Waals surface area contributed by atoms with Gasteiger partial charge in [-0.2, -0.15) is 0 Å². The Morgan fingerprint density at radius 1 is 1.10 bits per heavy atom. The molecular weight excluding hydrogens is 260 g/mol. The Balaban J connectivity index is 2.14. The van der Waals surface area contributed by atoms with E-state index in [2.05, 4.69) is 36.1 Å². The van der Waals surface area contributed by atoms with Gasteiger partial charge in [-0.1, -0.05) is 31.2 Å². The zero-order chi connectivity index (χ0) is 15.4. The third-order valence-electron chi connectivity index (χ3n) is 3.71. The fourth-order valence-electron chi connectivity index (χ4n) is 2.35. The lowest BCUT2D eigenvalue weighted by Crippen LogP contribution is -2.17. The minimum Gasteiger partial charge on any atom is -0.398 e. The molecule has 3 nitrogen and oxygen atoms in total. The molecular formula is C18H22N2O. The Labute approximate surface area is 126 Å². The van der Waals surface area contributed by atoms with Gasteiger partial charge in [0.2, 0.25) is 0 Å². The van der Waals surface area contributed by atoms with Crippen LogP contribution in [0.15, 0.2) is 42.5 Å². The number of benzene rings is 2. The van der Waals surface area contributed by atoms with Crippen molar-refractivity contribution in [2.75, 3.05) is 17.7 Å². The quantitative estimate of drug-likeness (QED) is 0.672. The Hall–Kier alpha value is -2.29. The minimum atomic E-state index is -0.00291. The second-order valence-electron chi connectivity index (χ2n) is 5.35. The number of hydrogen-bond acceptors (Lipinski definition) is 3. The molecule has 0 amide bonds. The lowest BCUT2D eigenvalue weighted by Gasteiger charge is -2.20. The second-order valence-corrected chi connectivity index (χ2v) is 5.35. The van der Waals surface area contributed by atoms with Crippen molar-refractivity contribution in [2.24, 2.45) is 0 Å².